The first-order valence-corrected chi connectivity index (χ1v) is 6.02. The Kier molecular flexibility index (Phi) is 4.67. The van der Waals surface area contributed by atoms with Gasteiger partial charge in [0.15, 0.2) is 0 Å². The Labute approximate surface area is 93.7 Å². The molecule has 1 nitrogen and oxygen atoms in total. The van der Waals surface area contributed by atoms with Crippen molar-refractivity contribution in [1.82, 2.24) is 0 Å². The number of rotatable bonds is 5. The Balaban J connectivity index is 2.66. The Morgan fingerprint density at radius 2 is 2.00 bits per heavy atom. The molecule has 0 saturated heterocycles. The standard InChI is InChI=1S/C14H23N/c1-4-6-12(5-2)9-13-8-7-11(3)14(15)10-13/h7-8,10,12H,4-6,9,15H2,1-3H3. The van der Waals surface area contributed by atoms with E-state index in [1.807, 2.05) is 0 Å². The third-order valence-corrected chi connectivity index (χ3v) is 3.14. The monoisotopic (exact) mass is 205 g/mol. The van der Waals surface area contributed by atoms with Crippen LogP contribution in [0, 0.1) is 12.8 Å². The second-order valence-electron chi connectivity index (χ2n) is 4.46. The van der Waals surface area contributed by atoms with Gasteiger partial charge in [-0.25, -0.2) is 0 Å². The Bertz CT molecular complexity index is 304. The van der Waals surface area contributed by atoms with Gasteiger partial charge in [0.25, 0.3) is 0 Å². The molecule has 1 unspecified atom stereocenters. The highest BCUT2D eigenvalue weighted by molar-refractivity contribution is 5.48. The lowest BCUT2D eigenvalue weighted by Crippen LogP contribution is -2.03. The van der Waals surface area contributed by atoms with Crippen molar-refractivity contribution >= 4 is 5.69 Å². The number of hydrogen-bond donors (Lipinski definition) is 1. The van der Waals surface area contributed by atoms with Crippen LogP contribution in [0.25, 0.3) is 0 Å². The van der Waals surface area contributed by atoms with Crippen LogP contribution in [0.2, 0.25) is 0 Å². The molecule has 1 aromatic rings. The van der Waals surface area contributed by atoms with Gasteiger partial charge in [0.2, 0.25) is 0 Å². The number of nitrogen functional groups attached to an aromatic ring is 1. The van der Waals surface area contributed by atoms with E-state index in [0.717, 1.165) is 11.6 Å². The lowest BCUT2D eigenvalue weighted by atomic mass is 9.92. The molecule has 0 heterocycles. The van der Waals surface area contributed by atoms with Crippen LogP contribution >= 0.6 is 0 Å². The summed E-state index contributed by atoms with van der Waals surface area (Å²) in [7, 11) is 0. The van der Waals surface area contributed by atoms with Crippen molar-refractivity contribution in [3.05, 3.63) is 29.3 Å². The van der Waals surface area contributed by atoms with E-state index in [0.29, 0.717) is 0 Å². The fourth-order valence-electron chi connectivity index (χ4n) is 2.01. The molecule has 0 aliphatic rings. The average Bonchev–Trinajstić information content (AvgIpc) is 2.23. The van der Waals surface area contributed by atoms with Crippen LogP contribution in [0.3, 0.4) is 0 Å². The fraction of sp³-hybridized carbons (Fsp3) is 0.571. The summed E-state index contributed by atoms with van der Waals surface area (Å²) in [6.45, 7) is 6.59. The molecular formula is C14H23N. The van der Waals surface area contributed by atoms with E-state index in [1.165, 1.54) is 36.8 Å². The molecule has 84 valence electrons. The molecule has 0 fully saturated rings. The highest BCUT2D eigenvalue weighted by Gasteiger charge is 2.06. The highest BCUT2D eigenvalue weighted by atomic mass is 14.5. The van der Waals surface area contributed by atoms with Crippen molar-refractivity contribution in [3.8, 4) is 0 Å². The molecule has 1 rings (SSSR count). The highest BCUT2D eigenvalue weighted by Crippen LogP contribution is 2.20. The van der Waals surface area contributed by atoms with Gasteiger partial charge in [-0.05, 0) is 36.5 Å². The molecule has 0 aromatic heterocycles. The van der Waals surface area contributed by atoms with Gasteiger partial charge in [-0.3, -0.25) is 0 Å². The second kappa shape index (κ2) is 5.79. The summed E-state index contributed by atoms with van der Waals surface area (Å²) in [5.74, 6) is 0.817. The van der Waals surface area contributed by atoms with Gasteiger partial charge in [-0.15, -0.1) is 0 Å². The molecule has 0 radical (unpaired) electrons. The lowest BCUT2D eigenvalue weighted by Gasteiger charge is -2.14. The summed E-state index contributed by atoms with van der Waals surface area (Å²) in [4.78, 5) is 0. The summed E-state index contributed by atoms with van der Waals surface area (Å²) in [5.41, 5.74) is 9.41. The number of aryl methyl sites for hydroxylation is 1. The third-order valence-electron chi connectivity index (χ3n) is 3.14. The van der Waals surface area contributed by atoms with E-state index < -0.39 is 0 Å². The second-order valence-corrected chi connectivity index (χ2v) is 4.46. The zero-order chi connectivity index (χ0) is 11.3. The summed E-state index contributed by atoms with van der Waals surface area (Å²) < 4.78 is 0. The lowest BCUT2D eigenvalue weighted by molar-refractivity contribution is 0.462. The number of anilines is 1. The summed E-state index contributed by atoms with van der Waals surface area (Å²) in [6.07, 6.45) is 5.04. The predicted molar refractivity (Wildman–Crippen MR) is 68.0 cm³/mol. The maximum atomic E-state index is 5.91. The van der Waals surface area contributed by atoms with Crippen LogP contribution in [0.1, 0.15) is 44.2 Å². The topological polar surface area (TPSA) is 26.0 Å². The molecule has 0 bridgehead atoms. The van der Waals surface area contributed by atoms with E-state index in [2.05, 4.69) is 39.0 Å². The quantitative estimate of drug-likeness (QED) is 0.724. The van der Waals surface area contributed by atoms with Gasteiger partial charge in [-0.2, -0.15) is 0 Å². The minimum Gasteiger partial charge on any atom is -0.399 e. The minimum absolute atomic E-state index is 0.817. The van der Waals surface area contributed by atoms with Crippen molar-refractivity contribution in [3.63, 3.8) is 0 Å². The SMILES string of the molecule is CCCC(CC)Cc1ccc(C)c(N)c1. The minimum atomic E-state index is 0.817. The van der Waals surface area contributed by atoms with E-state index in [1.54, 1.807) is 0 Å². The van der Waals surface area contributed by atoms with Crippen LogP contribution in [-0.4, -0.2) is 0 Å². The molecule has 0 amide bonds. The first-order chi connectivity index (χ1) is 7.17. The Morgan fingerprint density at radius 3 is 2.53 bits per heavy atom. The maximum Gasteiger partial charge on any atom is 0.0346 e. The molecule has 15 heavy (non-hydrogen) atoms. The largest absolute Gasteiger partial charge is 0.399 e. The molecule has 1 heteroatoms. The Morgan fingerprint density at radius 1 is 1.27 bits per heavy atom. The predicted octanol–water partition coefficient (Wildman–Crippen LogP) is 3.95. The van der Waals surface area contributed by atoms with Gasteiger partial charge < -0.3 is 5.73 Å². The normalized spacial score (nSPS) is 12.7. The number of hydrogen-bond acceptors (Lipinski definition) is 1. The van der Waals surface area contributed by atoms with Crippen LogP contribution < -0.4 is 5.73 Å². The number of benzene rings is 1. The summed E-state index contributed by atoms with van der Waals surface area (Å²) >= 11 is 0. The molecule has 1 aromatic carbocycles. The van der Waals surface area contributed by atoms with E-state index in [-0.39, 0.29) is 0 Å². The average molecular weight is 205 g/mol. The molecule has 1 atom stereocenters. The molecule has 0 spiro atoms. The van der Waals surface area contributed by atoms with Crippen molar-refractivity contribution in [2.45, 2.75) is 46.5 Å². The van der Waals surface area contributed by atoms with Gasteiger partial charge in [0.1, 0.15) is 0 Å². The zero-order valence-corrected chi connectivity index (χ0v) is 10.2. The smallest absolute Gasteiger partial charge is 0.0346 e. The molecule has 0 aliphatic carbocycles. The Hall–Kier alpha value is -0.980. The third kappa shape index (κ3) is 3.58. The van der Waals surface area contributed by atoms with Gasteiger partial charge >= 0.3 is 0 Å². The van der Waals surface area contributed by atoms with Crippen molar-refractivity contribution < 1.29 is 0 Å². The first kappa shape index (κ1) is 12.1. The van der Waals surface area contributed by atoms with E-state index >= 15 is 0 Å². The van der Waals surface area contributed by atoms with Crippen molar-refractivity contribution in [2.24, 2.45) is 5.92 Å². The van der Waals surface area contributed by atoms with Crippen LogP contribution in [0.15, 0.2) is 18.2 Å². The first-order valence-electron chi connectivity index (χ1n) is 6.02. The van der Waals surface area contributed by atoms with Crippen LogP contribution in [0.5, 0.6) is 0 Å². The van der Waals surface area contributed by atoms with Crippen LogP contribution in [-0.2, 0) is 6.42 Å². The van der Waals surface area contributed by atoms with Gasteiger partial charge in [-0.1, -0.05) is 45.2 Å². The zero-order valence-electron chi connectivity index (χ0n) is 10.2. The molecule has 2 N–H and O–H groups in total. The summed E-state index contributed by atoms with van der Waals surface area (Å²) in [5, 5.41) is 0. The summed E-state index contributed by atoms with van der Waals surface area (Å²) in [6, 6.07) is 6.47. The fourth-order valence-corrected chi connectivity index (χ4v) is 2.01. The number of nitrogens with two attached hydrogens (primary N) is 1. The van der Waals surface area contributed by atoms with Crippen molar-refractivity contribution in [1.29, 1.82) is 0 Å². The van der Waals surface area contributed by atoms with Crippen molar-refractivity contribution in [2.75, 3.05) is 5.73 Å². The van der Waals surface area contributed by atoms with Gasteiger partial charge in [0.05, 0.1) is 0 Å². The maximum absolute atomic E-state index is 5.91. The molecular weight excluding hydrogens is 182 g/mol. The molecule has 0 aliphatic heterocycles. The van der Waals surface area contributed by atoms with E-state index in [4.69, 9.17) is 5.73 Å². The van der Waals surface area contributed by atoms with E-state index in [9.17, 15) is 0 Å². The van der Waals surface area contributed by atoms with Gasteiger partial charge in [0, 0.05) is 5.69 Å². The molecule has 0 saturated carbocycles. The van der Waals surface area contributed by atoms with Crippen LogP contribution in [0.4, 0.5) is 5.69 Å².